The fraction of sp³-hybridized carbons (Fsp3) is 0.312. The maximum atomic E-state index is 9.11. The lowest BCUT2D eigenvalue weighted by Gasteiger charge is -2.14. The van der Waals surface area contributed by atoms with Gasteiger partial charge in [0.25, 0.3) is 0 Å². The Kier molecular flexibility index (Phi) is 3.84. The van der Waals surface area contributed by atoms with Gasteiger partial charge in [0.05, 0.1) is 11.6 Å². The van der Waals surface area contributed by atoms with Crippen LogP contribution in [0.5, 0.6) is 0 Å². The van der Waals surface area contributed by atoms with Gasteiger partial charge in [-0.05, 0) is 18.1 Å². The number of nitrogens with zero attached hydrogens (tertiary/aromatic N) is 1. The molecule has 0 amide bonds. The number of hydrogen-bond donors (Lipinski definition) is 1. The summed E-state index contributed by atoms with van der Waals surface area (Å²) in [4.78, 5) is 0. The van der Waals surface area contributed by atoms with Crippen molar-refractivity contribution in [1.29, 1.82) is 5.26 Å². The molecule has 0 aromatic heterocycles. The third-order valence-corrected chi connectivity index (χ3v) is 3.38. The summed E-state index contributed by atoms with van der Waals surface area (Å²) in [6.07, 6.45) is 1.17. The van der Waals surface area contributed by atoms with Crippen LogP contribution in [0.15, 0.2) is 36.4 Å². The Labute approximate surface area is 108 Å². The normalized spacial score (nSPS) is 12.1. The molecule has 0 spiro atoms. The molecule has 2 aromatic rings. The van der Waals surface area contributed by atoms with Crippen molar-refractivity contribution in [2.75, 3.05) is 11.9 Å². The van der Waals surface area contributed by atoms with Gasteiger partial charge in [-0.1, -0.05) is 44.5 Å². The molecule has 0 heterocycles. The Morgan fingerprint density at radius 2 is 1.89 bits per heavy atom. The Balaban J connectivity index is 2.38. The summed E-state index contributed by atoms with van der Waals surface area (Å²) in [6, 6.07) is 14.2. The summed E-state index contributed by atoms with van der Waals surface area (Å²) in [5.41, 5.74) is 1.85. The molecular formula is C16H18N2. The van der Waals surface area contributed by atoms with E-state index in [1.54, 1.807) is 0 Å². The number of nitriles is 1. The third-order valence-electron chi connectivity index (χ3n) is 3.38. The second-order valence-electron chi connectivity index (χ2n) is 4.71. The Bertz CT molecular complexity index is 581. The number of rotatable bonds is 4. The predicted molar refractivity (Wildman–Crippen MR) is 76.6 cm³/mol. The van der Waals surface area contributed by atoms with Crippen molar-refractivity contribution in [2.45, 2.75) is 20.3 Å². The van der Waals surface area contributed by atoms with Gasteiger partial charge in [-0.2, -0.15) is 5.26 Å². The highest BCUT2D eigenvalue weighted by atomic mass is 14.9. The first kappa shape index (κ1) is 12.4. The standard InChI is InChI=1S/C16H18N2/c1-3-12(2)11-18-16-9-8-13(10-17)14-6-4-5-7-15(14)16/h4-9,12,18H,3,11H2,1-2H3. The third kappa shape index (κ3) is 2.46. The molecule has 1 unspecified atom stereocenters. The topological polar surface area (TPSA) is 35.8 Å². The summed E-state index contributed by atoms with van der Waals surface area (Å²) < 4.78 is 0. The number of hydrogen-bond acceptors (Lipinski definition) is 2. The fourth-order valence-electron chi connectivity index (χ4n) is 1.98. The lowest BCUT2D eigenvalue weighted by atomic mass is 10.0. The van der Waals surface area contributed by atoms with Crippen LogP contribution in [0.3, 0.4) is 0 Å². The average Bonchev–Trinajstić information content (AvgIpc) is 2.44. The summed E-state index contributed by atoms with van der Waals surface area (Å²) in [5.74, 6) is 0.652. The van der Waals surface area contributed by atoms with E-state index in [1.165, 1.54) is 6.42 Å². The van der Waals surface area contributed by atoms with Gasteiger partial charge in [0.15, 0.2) is 0 Å². The zero-order valence-corrected chi connectivity index (χ0v) is 10.9. The predicted octanol–water partition coefficient (Wildman–Crippen LogP) is 4.17. The second-order valence-corrected chi connectivity index (χ2v) is 4.71. The molecule has 1 N–H and O–H groups in total. The first-order valence-electron chi connectivity index (χ1n) is 6.42. The maximum Gasteiger partial charge on any atom is 0.0998 e. The van der Waals surface area contributed by atoms with Crippen LogP contribution in [-0.2, 0) is 0 Å². The van der Waals surface area contributed by atoms with Gasteiger partial charge in [-0.15, -0.1) is 0 Å². The van der Waals surface area contributed by atoms with Crippen LogP contribution in [-0.4, -0.2) is 6.54 Å². The van der Waals surface area contributed by atoms with Gasteiger partial charge in [0.2, 0.25) is 0 Å². The van der Waals surface area contributed by atoms with Crippen molar-refractivity contribution in [3.8, 4) is 6.07 Å². The molecule has 0 fully saturated rings. The fourth-order valence-corrected chi connectivity index (χ4v) is 1.98. The SMILES string of the molecule is CCC(C)CNc1ccc(C#N)c2ccccc12. The molecule has 1 atom stereocenters. The molecule has 0 saturated carbocycles. The minimum absolute atomic E-state index is 0.652. The highest BCUT2D eigenvalue weighted by Crippen LogP contribution is 2.26. The Morgan fingerprint density at radius 1 is 1.17 bits per heavy atom. The Morgan fingerprint density at radius 3 is 2.56 bits per heavy atom. The summed E-state index contributed by atoms with van der Waals surface area (Å²) in [5, 5.41) is 14.7. The average molecular weight is 238 g/mol. The van der Waals surface area contributed by atoms with E-state index in [4.69, 9.17) is 5.26 Å². The molecule has 2 heteroatoms. The van der Waals surface area contributed by atoms with Crippen LogP contribution in [0.2, 0.25) is 0 Å². The van der Waals surface area contributed by atoms with E-state index in [2.05, 4.69) is 31.3 Å². The van der Waals surface area contributed by atoms with E-state index < -0.39 is 0 Å². The molecule has 18 heavy (non-hydrogen) atoms. The lowest BCUT2D eigenvalue weighted by Crippen LogP contribution is -2.10. The zero-order chi connectivity index (χ0) is 13.0. The van der Waals surface area contributed by atoms with Gasteiger partial charge in [0.1, 0.15) is 0 Å². The number of fused-ring (bicyclic) bond motifs is 1. The van der Waals surface area contributed by atoms with Crippen LogP contribution >= 0.6 is 0 Å². The van der Waals surface area contributed by atoms with Gasteiger partial charge >= 0.3 is 0 Å². The lowest BCUT2D eigenvalue weighted by molar-refractivity contribution is 0.594. The van der Waals surface area contributed by atoms with E-state index in [9.17, 15) is 0 Å². The number of anilines is 1. The first-order valence-corrected chi connectivity index (χ1v) is 6.42. The number of benzene rings is 2. The summed E-state index contributed by atoms with van der Waals surface area (Å²) >= 11 is 0. The molecule has 0 bridgehead atoms. The van der Waals surface area contributed by atoms with Crippen molar-refractivity contribution in [1.82, 2.24) is 0 Å². The van der Waals surface area contributed by atoms with Crippen LogP contribution in [0.4, 0.5) is 5.69 Å². The van der Waals surface area contributed by atoms with Crippen LogP contribution in [0.1, 0.15) is 25.8 Å². The van der Waals surface area contributed by atoms with E-state index in [0.717, 1.165) is 28.6 Å². The molecule has 0 aliphatic carbocycles. The van der Waals surface area contributed by atoms with Crippen LogP contribution in [0, 0.1) is 17.2 Å². The molecule has 0 radical (unpaired) electrons. The second kappa shape index (κ2) is 5.55. The van der Waals surface area contributed by atoms with E-state index in [-0.39, 0.29) is 0 Å². The van der Waals surface area contributed by atoms with Crippen molar-refractivity contribution in [2.24, 2.45) is 5.92 Å². The monoisotopic (exact) mass is 238 g/mol. The molecule has 2 aromatic carbocycles. The maximum absolute atomic E-state index is 9.11. The molecule has 0 aliphatic heterocycles. The van der Waals surface area contributed by atoms with Gasteiger partial charge in [0, 0.05) is 23.0 Å². The quantitative estimate of drug-likeness (QED) is 0.867. The van der Waals surface area contributed by atoms with Gasteiger partial charge < -0.3 is 5.32 Å². The largest absolute Gasteiger partial charge is 0.384 e. The highest BCUT2D eigenvalue weighted by Gasteiger charge is 2.05. The summed E-state index contributed by atoms with van der Waals surface area (Å²) in [6.45, 7) is 5.40. The minimum Gasteiger partial charge on any atom is -0.384 e. The van der Waals surface area contributed by atoms with Gasteiger partial charge in [-0.3, -0.25) is 0 Å². The summed E-state index contributed by atoms with van der Waals surface area (Å²) in [7, 11) is 0. The first-order chi connectivity index (χ1) is 8.76. The van der Waals surface area contributed by atoms with Crippen LogP contribution < -0.4 is 5.32 Å². The van der Waals surface area contributed by atoms with Crippen LogP contribution in [0.25, 0.3) is 10.8 Å². The molecule has 0 saturated heterocycles. The van der Waals surface area contributed by atoms with E-state index >= 15 is 0 Å². The molecule has 0 aliphatic rings. The highest BCUT2D eigenvalue weighted by molar-refractivity contribution is 5.97. The minimum atomic E-state index is 0.652. The molecule has 92 valence electrons. The molecule has 2 nitrogen and oxygen atoms in total. The smallest absolute Gasteiger partial charge is 0.0998 e. The zero-order valence-electron chi connectivity index (χ0n) is 10.9. The van der Waals surface area contributed by atoms with Crippen molar-refractivity contribution in [3.63, 3.8) is 0 Å². The Hall–Kier alpha value is -2.01. The molecular weight excluding hydrogens is 220 g/mol. The van der Waals surface area contributed by atoms with Crippen molar-refractivity contribution >= 4 is 16.5 Å². The van der Waals surface area contributed by atoms with Gasteiger partial charge in [-0.25, -0.2) is 0 Å². The van der Waals surface area contributed by atoms with E-state index in [1.807, 2.05) is 30.3 Å². The van der Waals surface area contributed by atoms with Crippen molar-refractivity contribution in [3.05, 3.63) is 42.0 Å². The van der Waals surface area contributed by atoms with E-state index in [0.29, 0.717) is 5.92 Å². The number of nitrogens with one attached hydrogen (secondary N) is 1. The van der Waals surface area contributed by atoms with Crippen molar-refractivity contribution < 1.29 is 0 Å². The molecule has 2 rings (SSSR count).